The first kappa shape index (κ1) is 15.5. The molecule has 0 spiro atoms. The summed E-state index contributed by atoms with van der Waals surface area (Å²) in [5, 5.41) is 2.93. The smallest absolute Gasteiger partial charge is 0.229 e. The molecule has 1 saturated heterocycles. The van der Waals surface area contributed by atoms with E-state index in [9.17, 15) is 9.59 Å². The third-order valence-electron chi connectivity index (χ3n) is 4.43. The number of anilines is 1. The first-order valence-corrected chi connectivity index (χ1v) is 7.60. The summed E-state index contributed by atoms with van der Waals surface area (Å²) in [6.45, 7) is 8.68. The highest BCUT2D eigenvalue weighted by molar-refractivity contribution is 5.97. The summed E-state index contributed by atoms with van der Waals surface area (Å²) < 4.78 is 0. The number of nitrogens with zero attached hydrogens (tertiary/aromatic N) is 1. The van der Waals surface area contributed by atoms with Gasteiger partial charge in [0.15, 0.2) is 0 Å². The molecule has 1 fully saturated rings. The molecule has 0 bridgehead atoms. The van der Waals surface area contributed by atoms with Gasteiger partial charge in [-0.15, -0.1) is 0 Å². The zero-order valence-electron chi connectivity index (χ0n) is 13.3. The Bertz CT molecular complexity index is 554. The Hall–Kier alpha value is -1.84. The highest BCUT2D eigenvalue weighted by Crippen LogP contribution is 2.23. The SMILES string of the molecule is CCC(C)N1CC(C(=O)Nc2ccc(C)c(C)c2)CC1=O. The van der Waals surface area contributed by atoms with Crippen molar-refractivity contribution in [2.24, 2.45) is 5.92 Å². The van der Waals surface area contributed by atoms with E-state index in [0.717, 1.165) is 17.7 Å². The molecule has 1 aliphatic heterocycles. The van der Waals surface area contributed by atoms with Gasteiger partial charge in [0.2, 0.25) is 11.8 Å². The van der Waals surface area contributed by atoms with Crippen molar-refractivity contribution < 1.29 is 9.59 Å². The van der Waals surface area contributed by atoms with Crippen LogP contribution in [0.2, 0.25) is 0 Å². The standard InChI is InChI=1S/C17H24N2O2/c1-5-13(4)19-10-14(9-16(19)20)17(21)18-15-7-6-11(2)12(3)8-15/h6-8,13-14H,5,9-10H2,1-4H3,(H,18,21). The fraction of sp³-hybridized carbons (Fsp3) is 0.529. The van der Waals surface area contributed by atoms with E-state index >= 15 is 0 Å². The zero-order valence-corrected chi connectivity index (χ0v) is 13.3. The molecule has 1 aliphatic rings. The second kappa shape index (κ2) is 6.29. The molecule has 2 atom stereocenters. The van der Waals surface area contributed by atoms with Crippen LogP contribution in [0.5, 0.6) is 0 Å². The molecule has 21 heavy (non-hydrogen) atoms. The summed E-state index contributed by atoms with van der Waals surface area (Å²) in [5.41, 5.74) is 3.15. The number of likely N-dealkylation sites (tertiary alicyclic amines) is 1. The molecular weight excluding hydrogens is 264 g/mol. The van der Waals surface area contributed by atoms with Gasteiger partial charge >= 0.3 is 0 Å². The van der Waals surface area contributed by atoms with Crippen molar-refractivity contribution in [2.45, 2.75) is 46.6 Å². The Balaban J connectivity index is 2.01. The summed E-state index contributed by atoms with van der Waals surface area (Å²) in [7, 11) is 0. The minimum Gasteiger partial charge on any atom is -0.339 e. The van der Waals surface area contributed by atoms with Crippen LogP contribution in [0.1, 0.15) is 37.8 Å². The van der Waals surface area contributed by atoms with Crippen molar-refractivity contribution >= 4 is 17.5 Å². The maximum atomic E-state index is 12.3. The third kappa shape index (κ3) is 3.43. The van der Waals surface area contributed by atoms with E-state index in [2.05, 4.69) is 12.2 Å². The maximum Gasteiger partial charge on any atom is 0.229 e. The predicted octanol–water partition coefficient (Wildman–Crippen LogP) is 2.89. The van der Waals surface area contributed by atoms with Gasteiger partial charge < -0.3 is 10.2 Å². The van der Waals surface area contributed by atoms with E-state index in [0.29, 0.717) is 13.0 Å². The van der Waals surface area contributed by atoms with Crippen molar-refractivity contribution in [1.29, 1.82) is 0 Å². The predicted molar refractivity (Wildman–Crippen MR) is 84.1 cm³/mol. The molecule has 2 unspecified atom stereocenters. The van der Waals surface area contributed by atoms with Crippen molar-refractivity contribution in [2.75, 3.05) is 11.9 Å². The number of hydrogen-bond donors (Lipinski definition) is 1. The molecule has 0 saturated carbocycles. The van der Waals surface area contributed by atoms with E-state index in [1.807, 2.05) is 43.9 Å². The minimum atomic E-state index is -0.242. The molecule has 1 N–H and O–H groups in total. The summed E-state index contributed by atoms with van der Waals surface area (Å²) in [4.78, 5) is 26.1. The second-order valence-electron chi connectivity index (χ2n) is 5.99. The first-order valence-electron chi connectivity index (χ1n) is 7.60. The van der Waals surface area contributed by atoms with Crippen LogP contribution in [0.15, 0.2) is 18.2 Å². The Kier molecular flexibility index (Phi) is 4.66. The van der Waals surface area contributed by atoms with Gasteiger partial charge in [-0.3, -0.25) is 9.59 Å². The number of aryl methyl sites for hydroxylation is 2. The lowest BCUT2D eigenvalue weighted by Gasteiger charge is -2.23. The largest absolute Gasteiger partial charge is 0.339 e. The Morgan fingerprint density at radius 1 is 1.38 bits per heavy atom. The lowest BCUT2D eigenvalue weighted by molar-refractivity contribution is -0.129. The van der Waals surface area contributed by atoms with Crippen molar-refractivity contribution in [3.63, 3.8) is 0 Å². The average molecular weight is 288 g/mol. The number of nitrogens with one attached hydrogen (secondary N) is 1. The van der Waals surface area contributed by atoms with Gasteiger partial charge in [0.05, 0.1) is 5.92 Å². The molecule has 0 radical (unpaired) electrons. The molecule has 2 rings (SSSR count). The van der Waals surface area contributed by atoms with Gasteiger partial charge in [-0.05, 0) is 50.5 Å². The quantitative estimate of drug-likeness (QED) is 0.926. The van der Waals surface area contributed by atoms with Crippen LogP contribution >= 0.6 is 0 Å². The molecular formula is C17H24N2O2. The van der Waals surface area contributed by atoms with E-state index in [4.69, 9.17) is 0 Å². The molecule has 4 heteroatoms. The maximum absolute atomic E-state index is 12.3. The van der Waals surface area contributed by atoms with Crippen LogP contribution in [0.4, 0.5) is 5.69 Å². The van der Waals surface area contributed by atoms with Gasteiger partial charge in [0.25, 0.3) is 0 Å². The van der Waals surface area contributed by atoms with Crippen LogP contribution in [0.3, 0.4) is 0 Å². The molecule has 0 aliphatic carbocycles. The third-order valence-corrected chi connectivity index (χ3v) is 4.43. The highest BCUT2D eigenvalue weighted by atomic mass is 16.2. The fourth-order valence-electron chi connectivity index (χ4n) is 2.62. The molecule has 1 aromatic rings. The van der Waals surface area contributed by atoms with Gasteiger partial charge in [-0.1, -0.05) is 13.0 Å². The van der Waals surface area contributed by atoms with Crippen molar-refractivity contribution in [1.82, 2.24) is 4.90 Å². The van der Waals surface area contributed by atoms with Crippen molar-refractivity contribution in [3.05, 3.63) is 29.3 Å². The minimum absolute atomic E-state index is 0.0580. The molecule has 114 valence electrons. The summed E-state index contributed by atoms with van der Waals surface area (Å²) >= 11 is 0. The fourth-order valence-corrected chi connectivity index (χ4v) is 2.62. The number of benzene rings is 1. The summed E-state index contributed by atoms with van der Waals surface area (Å²) in [6.07, 6.45) is 1.23. The number of carbonyl (C=O) groups excluding carboxylic acids is 2. The van der Waals surface area contributed by atoms with Gasteiger partial charge in [0, 0.05) is 24.7 Å². The van der Waals surface area contributed by atoms with E-state index in [1.165, 1.54) is 5.56 Å². The van der Waals surface area contributed by atoms with Gasteiger partial charge in [0.1, 0.15) is 0 Å². The normalized spacial score (nSPS) is 19.7. The number of rotatable bonds is 4. The Labute approximate surface area is 126 Å². The highest BCUT2D eigenvalue weighted by Gasteiger charge is 2.36. The summed E-state index contributed by atoms with van der Waals surface area (Å²) in [6, 6.07) is 6.08. The van der Waals surface area contributed by atoms with Crippen LogP contribution in [0, 0.1) is 19.8 Å². The molecule has 4 nitrogen and oxygen atoms in total. The number of carbonyl (C=O) groups is 2. The zero-order chi connectivity index (χ0) is 15.6. The van der Waals surface area contributed by atoms with Crippen LogP contribution in [-0.4, -0.2) is 29.3 Å². The van der Waals surface area contributed by atoms with Crippen LogP contribution < -0.4 is 5.32 Å². The number of hydrogen-bond acceptors (Lipinski definition) is 2. The van der Waals surface area contributed by atoms with Crippen molar-refractivity contribution in [3.8, 4) is 0 Å². The monoisotopic (exact) mass is 288 g/mol. The second-order valence-corrected chi connectivity index (χ2v) is 5.99. The van der Waals surface area contributed by atoms with Gasteiger partial charge in [-0.2, -0.15) is 0 Å². The molecule has 1 aromatic carbocycles. The topological polar surface area (TPSA) is 49.4 Å². The van der Waals surface area contributed by atoms with E-state index < -0.39 is 0 Å². The first-order chi connectivity index (χ1) is 9.92. The molecule has 1 heterocycles. The Morgan fingerprint density at radius 2 is 2.10 bits per heavy atom. The molecule has 2 amide bonds. The Morgan fingerprint density at radius 3 is 2.71 bits per heavy atom. The average Bonchev–Trinajstić information content (AvgIpc) is 2.84. The lowest BCUT2D eigenvalue weighted by atomic mass is 10.1. The molecule has 0 aromatic heterocycles. The van der Waals surface area contributed by atoms with Crippen LogP contribution in [0.25, 0.3) is 0 Å². The number of amides is 2. The lowest BCUT2D eigenvalue weighted by Crippen LogP contribution is -2.35. The van der Waals surface area contributed by atoms with Crippen LogP contribution in [-0.2, 0) is 9.59 Å². The van der Waals surface area contributed by atoms with E-state index in [1.54, 1.807) is 0 Å². The summed E-state index contributed by atoms with van der Waals surface area (Å²) in [5.74, 6) is -0.213. The van der Waals surface area contributed by atoms with E-state index in [-0.39, 0.29) is 23.8 Å². The van der Waals surface area contributed by atoms with Gasteiger partial charge in [-0.25, -0.2) is 0 Å².